The Morgan fingerprint density at radius 3 is 2.95 bits per heavy atom. The van der Waals surface area contributed by atoms with Gasteiger partial charge in [-0.25, -0.2) is 9.97 Å². The monoisotopic (exact) mass is 288 g/mol. The fourth-order valence-corrected chi connectivity index (χ4v) is 2.91. The van der Waals surface area contributed by atoms with Crippen LogP contribution in [0.15, 0.2) is 41.5 Å². The van der Waals surface area contributed by atoms with Gasteiger partial charge in [0.05, 0.1) is 16.8 Å². The predicted octanol–water partition coefficient (Wildman–Crippen LogP) is 2.91. The molecule has 19 heavy (non-hydrogen) atoms. The van der Waals surface area contributed by atoms with E-state index in [0.29, 0.717) is 5.13 Å². The molecule has 1 N–H and O–H groups in total. The number of anilines is 1. The molecule has 0 fully saturated rings. The number of carbonyl (C=O) groups is 1. The maximum Gasteiger partial charge on any atom is 0.277 e. The summed E-state index contributed by atoms with van der Waals surface area (Å²) in [6.07, 6.45) is 4.42. The van der Waals surface area contributed by atoms with Crippen LogP contribution >= 0.6 is 22.7 Å². The Balaban J connectivity index is 1.76. The first-order valence-corrected chi connectivity index (χ1v) is 7.15. The summed E-state index contributed by atoms with van der Waals surface area (Å²) in [5.74, 6) is -0.305. The Kier molecular flexibility index (Phi) is 3.30. The number of nitrogens with one attached hydrogen (secondary N) is 1. The number of amides is 1. The molecule has 3 heterocycles. The zero-order valence-corrected chi connectivity index (χ0v) is 11.2. The Hall–Kier alpha value is -2.12. The van der Waals surface area contributed by atoms with E-state index < -0.39 is 0 Å². The van der Waals surface area contributed by atoms with E-state index in [4.69, 9.17) is 0 Å². The van der Waals surface area contributed by atoms with Gasteiger partial charge in [0, 0.05) is 17.8 Å². The van der Waals surface area contributed by atoms with Crippen molar-refractivity contribution in [2.75, 3.05) is 5.32 Å². The highest BCUT2D eigenvalue weighted by atomic mass is 32.1. The van der Waals surface area contributed by atoms with E-state index >= 15 is 0 Å². The molecule has 0 aliphatic carbocycles. The SMILES string of the molecule is O=C(Nc1nc(-c2cccs2)cs1)c1cnccn1. The van der Waals surface area contributed by atoms with E-state index in [9.17, 15) is 4.79 Å². The molecule has 1 amide bonds. The van der Waals surface area contributed by atoms with Gasteiger partial charge in [0.1, 0.15) is 5.69 Å². The van der Waals surface area contributed by atoms with Crippen molar-refractivity contribution in [3.63, 3.8) is 0 Å². The Bertz CT molecular complexity index is 679. The summed E-state index contributed by atoms with van der Waals surface area (Å²) in [6, 6.07) is 3.96. The van der Waals surface area contributed by atoms with E-state index in [1.165, 1.54) is 29.9 Å². The first-order chi connectivity index (χ1) is 9.33. The molecule has 0 unspecified atom stereocenters. The topological polar surface area (TPSA) is 67.8 Å². The van der Waals surface area contributed by atoms with Crippen LogP contribution in [0.2, 0.25) is 0 Å². The first-order valence-electron chi connectivity index (χ1n) is 5.40. The molecule has 0 aliphatic rings. The van der Waals surface area contributed by atoms with E-state index in [0.717, 1.165) is 10.6 Å². The van der Waals surface area contributed by atoms with Crippen LogP contribution in [0.3, 0.4) is 0 Å². The van der Waals surface area contributed by atoms with Crippen molar-refractivity contribution in [1.29, 1.82) is 0 Å². The lowest BCUT2D eigenvalue weighted by Crippen LogP contribution is -2.13. The third-order valence-corrected chi connectivity index (χ3v) is 3.94. The molecular formula is C12H8N4OS2. The lowest BCUT2D eigenvalue weighted by Gasteiger charge is -1.99. The van der Waals surface area contributed by atoms with Gasteiger partial charge >= 0.3 is 0 Å². The molecule has 0 atom stereocenters. The summed E-state index contributed by atoms with van der Waals surface area (Å²) < 4.78 is 0. The average Bonchev–Trinajstić information content (AvgIpc) is 3.10. The summed E-state index contributed by atoms with van der Waals surface area (Å²) in [4.78, 5) is 25.1. The molecule has 0 bridgehead atoms. The number of nitrogens with zero attached hydrogens (tertiary/aromatic N) is 3. The van der Waals surface area contributed by atoms with Crippen molar-refractivity contribution in [2.24, 2.45) is 0 Å². The fourth-order valence-electron chi connectivity index (χ4n) is 1.45. The van der Waals surface area contributed by atoms with Crippen LogP contribution in [0.4, 0.5) is 5.13 Å². The molecule has 3 aromatic rings. The Morgan fingerprint density at radius 2 is 2.21 bits per heavy atom. The fraction of sp³-hybridized carbons (Fsp3) is 0. The summed E-state index contributed by atoms with van der Waals surface area (Å²) in [6.45, 7) is 0. The van der Waals surface area contributed by atoms with Crippen molar-refractivity contribution in [2.45, 2.75) is 0 Å². The predicted molar refractivity (Wildman–Crippen MR) is 75.4 cm³/mol. The second kappa shape index (κ2) is 5.25. The third-order valence-electron chi connectivity index (χ3n) is 2.29. The lowest BCUT2D eigenvalue weighted by molar-refractivity contribution is 0.102. The van der Waals surface area contributed by atoms with Crippen molar-refractivity contribution in [3.8, 4) is 10.6 Å². The summed E-state index contributed by atoms with van der Waals surface area (Å²) in [5.41, 5.74) is 1.14. The standard InChI is InChI=1S/C12H8N4OS2/c17-11(8-6-13-3-4-14-8)16-12-15-9(7-19-12)10-2-1-5-18-10/h1-7H,(H,15,16,17). The van der Waals surface area contributed by atoms with Gasteiger partial charge in [-0.3, -0.25) is 15.1 Å². The van der Waals surface area contributed by atoms with Crippen LogP contribution < -0.4 is 5.32 Å². The highest BCUT2D eigenvalue weighted by molar-refractivity contribution is 7.16. The van der Waals surface area contributed by atoms with E-state index in [1.807, 2.05) is 22.9 Å². The van der Waals surface area contributed by atoms with Gasteiger partial charge in [0.25, 0.3) is 5.91 Å². The zero-order valence-electron chi connectivity index (χ0n) is 9.61. The number of rotatable bonds is 3. The Morgan fingerprint density at radius 1 is 1.26 bits per heavy atom. The average molecular weight is 288 g/mol. The minimum Gasteiger partial charge on any atom is -0.296 e. The Labute approximate surface area is 117 Å². The molecule has 0 aliphatic heterocycles. The molecule has 0 aromatic carbocycles. The second-order valence-corrected chi connectivity index (χ2v) is 5.37. The molecule has 7 heteroatoms. The molecule has 0 spiro atoms. The van der Waals surface area contributed by atoms with Gasteiger partial charge in [-0.15, -0.1) is 22.7 Å². The number of hydrogen-bond donors (Lipinski definition) is 1. The number of thiazole rings is 1. The van der Waals surface area contributed by atoms with Crippen LogP contribution in [0.1, 0.15) is 10.5 Å². The highest BCUT2D eigenvalue weighted by Crippen LogP contribution is 2.28. The number of carbonyl (C=O) groups excluding carboxylic acids is 1. The minimum atomic E-state index is -0.305. The normalized spacial score (nSPS) is 10.3. The van der Waals surface area contributed by atoms with Crippen molar-refractivity contribution < 1.29 is 4.79 Å². The van der Waals surface area contributed by atoms with E-state index in [-0.39, 0.29) is 11.6 Å². The zero-order chi connectivity index (χ0) is 13.1. The smallest absolute Gasteiger partial charge is 0.277 e. The first kappa shape index (κ1) is 11.9. The van der Waals surface area contributed by atoms with Gasteiger partial charge in [-0.05, 0) is 11.4 Å². The lowest BCUT2D eigenvalue weighted by atomic mass is 10.4. The van der Waals surface area contributed by atoms with Crippen LogP contribution in [0.5, 0.6) is 0 Å². The number of thiophene rings is 1. The highest BCUT2D eigenvalue weighted by Gasteiger charge is 2.11. The molecule has 3 aromatic heterocycles. The molecule has 3 rings (SSSR count). The van der Waals surface area contributed by atoms with Gasteiger partial charge in [-0.1, -0.05) is 6.07 Å². The summed E-state index contributed by atoms with van der Waals surface area (Å²) in [7, 11) is 0. The van der Waals surface area contributed by atoms with Crippen molar-refractivity contribution >= 4 is 33.7 Å². The quantitative estimate of drug-likeness (QED) is 0.804. The summed E-state index contributed by atoms with van der Waals surface area (Å²) >= 11 is 3.00. The van der Waals surface area contributed by atoms with E-state index in [1.54, 1.807) is 11.3 Å². The van der Waals surface area contributed by atoms with Crippen LogP contribution in [0.25, 0.3) is 10.6 Å². The molecule has 0 saturated heterocycles. The summed E-state index contributed by atoms with van der Waals surface area (Å²) in [5, 5.41) is 7.17. The van der Waals surface area contributed by atoms with Gasteiger partial charge < -0.3 is 0 Å². The van der Waals surface area contributed by atoms with Crippen molar-refractivity contribution in [1.82, 2.24) is 15.0 Å². The van der Waals surface area contributed by atoms with Gasteiger partial charge in [0.2, 0.25) is 0 Å². The van der Waals surface area contributed by atoms with Gasteiger partial charge in [-0.2, -0.15) is 0 Å². The maximum absolute atomic E-state index is 11.9. The second-order valence-electron chi connectivity index (χ2n) is 3.56. The van der Waals surface area contributed by atoms with Crippen LogP contribution in [-0.4, -0.2) is 20.9 Å². The van der Waals surface area contributed by atoms with Crippen LogP contribution in [-0.2, 0) is 0 Å². The maximum atomic E-state index is 11.9. The minimum absolute atomic E-state index is 0.273. The van der Waals surface area contributed by atoms with Crippen LogP contribution in [0, 0.1) is 0 Å². The molecule has 0 radical (unpaired) electrons. The third kappa shape index (κ3) is 2.67. The molecule has 0 saturated carbocycles. The molecule has 5 nitrogen and oxygen atoms in total. The largest absolute Gasteiger partial charge is 0.296 e. The van der Waals surface area contributed by atoms with Crippen molar-refractivity contribution in [3.05, 3.63) is 47.2 Å². The molecule has 94 valence electrons. The number of aromatic nitrogens is 3. The molecular weight excluding hydrogens is 280 g/mol. The number of hydrogen-bond acceptors (Lipinski definition) is 6. The van der Waals surface area contributed by atoms with E-state index in [2.05, 4.69) is 20.3 Å². The van der Waals surface area contributed by atoms with Gasteiger partial charge in [0.15, 0.2) is 5.13 Å².